The average Bonchev–Trinajstić information content (AvgIpc) is 2.59. The van der Waals surface area contributed by atoms with E-state index >= 15 is 0 Å². The van der Waals surface area contributed by atoms with Crippen LogP contribution in [0.5, 0.6) is 0 Å². The van der Waals surface area contributed by atoms with Crippen LogP contribution in [0.1, 0.15) is 37.3 Å². The predicted molar refractivity (Wildman–Crippen MR) is 102 cm³/mol. The second-order valence-corrected chi connectivity index (χ2v) is 6.58. The van der Waals surface area contributed by atoms with Gasteiger partial charge in [-0.05, 0) is 31.4 Å². The molecule has 0 radical (unpaired) electrons. The van der Waals surface area contributed by atoms with Gasteiger partial charge in [-0.3, -0.25) is 0 Å². The van der Waals surface area contributed by atoms with Crippen molar-refractivity contribution in [3.05, 3.63) is 83.9 Å². The van der Waals surface area contributed by atoms with Gasteiger partial charge in [-0.25, -0.2) is 9.59 Å². The molecule has 0 bridgehead atoms. The van der Waals surface area contributed by atoms with Crippen LogP contribution in [0.25, 0.3) is 0 Å². The van der Waals surface area contributed by atoms with Crippen molar-refractivity contribution < 1.29 is 19.8 Å². The maximum atomic E-state index is 9.55. The topological polar surface area (TPSA) is 101 Å². The van der Waals surface area contributed by atoms with E-state index in [-0.39, 0.29) is 5.54 Å². The molecule has 2 rings (SSSR count). The summed E-state index contributed by atoms with van der Waals surface area (Å²) in [5, 5.41) is 15.6. The SMILES string of the molecule is CC(C)(N)CC(c1ccccc1)c1ccccc1.O=C(O)/C=C/C(=O)O. The van der Waals surface area contributed by atoms with Gasteiger partial charge in [0.2, 0.25) is 0 Å². The van der Waals surface area contributed by atoms with E-state index in [0.717, 1.165) is 6.42 Å². The third kappa shape index (κ3) is 8.80. The molecule has 0 fully saturated rings. The Hall–Kier alpha value is -2.92. The van der Waals surface area contributed by atoms with Gasteiger partial charge in [-0.15, -0.1) is 0 Å². The van der Waals surface area contributed by atoms with Crippen molar-refractivity contribution in [1.82, 2.24) is 0 Å². The molecule has 0 aliphatic rings. The van der Waals surface area contributed by atoms with Crippen LogP contribution in [-0.4, -0.2) is 27.7 Å². The fraction of sp³-hybridized carbons (Fsp3) is 0.238. The van der Waals surface area contributed by atoms with E-state index in [4.69, 9.17) is 15.9 Å². The van der Waals surface area contributed by atoms with Gasteiger partial charge in [0.25, 0.3) is 0 Å². The summed E-state index contributed by atoms with van der Waals surface area (Å²) < 4.78 is 0. The zero-order valence-electron chi connectivity index (χ0n) is 15.0. The van der Waals surface area contributed by atoms with Gasteiger partial charge in [0, 0.05) is 23.6 Å². The van der Waals surface area contributed by atoms with E-state index in [1.165, 1.54) is 11.1 Å². The Balaban J connectivity index is 0.000000359. The lowest BCUT2D eigenvalue weighted by Crippen LogP contribution is -2.34. The highest BCUT2D eigenvalue weighted by atomic mass is 16.4. The highest BCUT2D eigenvalue weighted by Crippen LogP contribution is 2.31. The summed E-state index contributed by atoms with van der Waals surface area (Å²) in [6, 6.07) is 21.2. The molecule has 5 nitrogen and oxygen atoms in total. The Morgan fingerprint density at radius 2 is 1.23 bits per heavy atom. The van der Waals surface area contributed by atoms with Crippen LogP contribution in [0.4, 0.5) is 0 Å². The largest absolute Gasteiger partial charge is 0.478 e. The number of carboxylic acids is 2. The predicted octanol–water partition coefficient (Wildman–Crippen LogP) is 3.66. The molecule has 0 heterocycles. The van der Waals surface area contributed by atoms with Crippen LogP contribution in [0.2, 0.25) is 0 Å². The van der Waals surface area contributed by atoms with Crippen molar-refractivity contribution in [3.8, 4) is 0 Å². The fourth-order valence-corrected chi connectivity index (χ4v) is 2.47. The molecule has 0 amide bonds. The molecule has 0 saturated heterocycles. The Bertz CT molecular complexity index is 663. The molecule has 5 heteroatoms. The summed E-state index contributed by atoms with van der Waals surface area (Å²) in [7, 11) is 0. The van der Waals surface area contributed by atoms with Crippen molar-refractivity contribution in [2.45, 2.75) is 31.7 Å². The van der Waals surface area contributed by atoms with Crippen LogP contribution in [0.3, 0.4) is 0 Å². The van der Waals surface area contributed by atoms with Crippen LogP contribution in [0.15, 0.2) is 72.8 Å². The van der Waals surface area contributed by atoms with Crippen molar-refractivity contribution in [2.75, 3.05) is 0 Å². The van der Waals surface area contributed by atoms with Crippen LogP contribution < -0.4 is 5.73 Å². The van der Waals surface area contributed by atoms with Gasteiger partial charge in [0.05, 0.1) is 0 Å². The number of aliphatic carboxylic acids is 2. The summed E-state index contributed by atoms with van der Waals surface area (Å²) in [5.74, 6) is -2.15. The molecule has 0 aromatic heterocycles. The van der Waals surface area contributed by atoms with Gasteiger partial charge < -0.3 is 15.9 Å². The Kier molecular flexibility index (Phi) is 8.25. The maximum absolute atomic E-state index is 9.55. The van der Waals surface area contributed by atoms with Gasteiger partial charge >= 0.3 is 11.9 Å². The Labute approximate surface area is 153 Å². The molecule has 26 heavy (non-hydrogen) atoms. The minimum Gasteiger partial charge on any atom is -0.478 e. The molecule has 138 valence electrons. The molecule has 0 aliphatic carbocycles. The quantitative estimate of drug-likeness (QED) is 0.687. The first kappa shape index (κ1) is 21.1. The third-order valence-corrected chi connectivity index (χ3v) is 3.50. The standard InChI is InChI=1S/C17H21N.C4H4O4/c1-17(2,18)13-16(14-9-5-3-6-10-14)15-11-7-4-8-12-15;5-3(6)1-2-4(7)8/h3-12,16H,13,18H2,1-2H3;1-2H,(H,5,6)(H,7,8)/b;2-1+. The number of hydrogen-bond acceptors (Lipinski definition) is 3. The molecule has 0 unspecified atom stereocenters. The second-order valence-electron chi connectivity index (χ2n) is 6.58. The average molecular weight is 355 g/mol. The summed E-state index contributed by atoms with van der Waals surface area (Å²) >= 11 is 0. The van der Waals surface area contributed by atoms with Gasteiger partial charge in [-0.2, -0.15) is 0 Å². The zero-order valence-corrected chi connectivity index (χ0v) is 15.0. The number of rotatable bonds is 6. The number of nitrogens with two attached hydrogens (primary N) is 1. The van der Waals surface area contributed by atoms with E-state index in [0.29, 0.717) is 18.1 Å². The highest BCUT2D eigenvalue weighted by molar-refractivity contribution is 5.89. The van der Waals surface area contributed by atoms with Crippen LogP contribution in [-0.2, 0) is 9.59 Å². The molecule has 0 saturated carbocycles. The van der Waals surface area contributed by atoms with Gasteiger partial charge in [0.1, 0.15) is 0 Å². The number of carbonyl (C=O) groups is 2. The van der Waals surface area contributed by atoms with Crippen molar-refractivity contribution in [1.29, 1.82) is 0 Å². The van der Waals surface area contributed by atoms with Crippen molar-refractivity contribution >= 4 is 11.9 Å². The minimum absolute atomic E-state index is 0.170. The minimum atomic E-state index is -1.26. The summed E-state index contributed by atoms with van der Waals surface area (Å²) in [5.41, 5.74) is 8.71. The molecule has 0 atom stereocenters. The fourth-order valence-electron chi connectivity index (χ4n) is 2.47. The molecule has 0 aliphatic heterocycles. The summed E-state index contributed by atoms with van der Waals surface area (Å²) in [4.78, 5) is 19.1. The van der Waals surface area contributed by atoms with Crippen LogP contribution >= 0.6 is 0 Å². The third-order valence-electron chi connectivity index (χ3n) is 3.50. The first-order chi connectivity index (χ1) is 12.2. The van der Waals surface area contributed by atoms with E-state index in [1.54, 1.807) is 0 Å². The molecule has 4 N–H and O–H groups in total. The number of benzene rings is 2. The van der Waals surface area contributed by atoms with Crippen molar-refractivity contribution in [2.24, 2.45) is 5.73 Å². The van der Waals surface area contributed by atoms with Crippen LogP contribution in [0, 0.1) is 0 Å². The normalized spacial score (nSPS) is 11.1. The molecular formula is C21H25NO4. The Morgan fingerprint density at radius 1 is 0.885 bits per heavy atom. The van der Waals surface area contributed by atoms with E-state index in [1.807, 2.05) is 0 Å². The highest BCUT2D eigenvalue weighted by Gasteiger charge is 2.21. The first-order valence-corrected chi connectivity index (χ1v) is 8.22. The first-order valence-electron chi connectivity index (χ1n) is 8.22. The lowest BCUT2D eigenvalue weighted by molar-refractivity contribution is -0.134. The van der Waals surface area contributed by atoms with Crippen molar-refractivity contribution in [3.63, 3.8) is 0 Å². The van der Waals surface area contributed by atoms with E-state index < -0.39 is 11.9 Å². The van der Waals surface area contributed by atoms with E-state index in [2.05, 4.69) is 74.5 Å². The summed E-state index contributed by atoms with van der Waals surface area (Å²) in [6.07, 6.45) is 2.06. The smallest absolute Gasteiger partial charge is 0.328 e. The number of carboxylic acid groups (broad SMARTS) is 2. The molecule has 2 aromatic rings. The summed E-state index contributed by atoms with van der Waals surface area (Å²) in [6.45, 7) is 4.18. The van der Waals surface area contributed by atoms with Gasteiger partial charge in [0.15, 0.2) is 0 Å². The monoisotopic (exact) mass is 355 g/mol. The lowest BCUT2D eigenvalue weighted by Gasteiger charge is -2.26. The lowest BCUT2D eigenvalue weighted by atomic mass is 9.82. The molecule has 0 spiro atoms. The molecule has 2 aromatic carbocycles. The molecular weight excluding hydrogens is 330 g/mol. The zero-order chi connectivity index (χ0) is 19.6. The second kappa shape index (κ2) is 10.2. The Morgan fingerprint density at radius 3 is 1.50 bits per heavy atom. The van der Waals surface area contributed by atoms with Gasteiger partial charge in [-0.1, -0.05) is 60.7 Å². The van der Waals surface area contributed by atoms with E-state index in [9.17, 15) is 9.59 Å². The maximum Gasteiger partial charge on any atom is 0.328 e. The number of hydrogen-bond donors (Lipinski definition) is 3.